The molecule has 1 saturated heterocycles. The van der Waals surface area contributed by atoms with Crippen LogP contribution in [0.3, 0.4) is 0 Å². The van der Waals surface area contributed by atoms with Gasteiger partial charge in [0, 0.05) is 19.0 Å². The largest absolute Gasteiger partial charge is 0.344 e. The summed E-state index contributed by atoms with van der Waals surface area (Å²) in [6.07, 6.45) is 0.692. The number of hydrogen-bond acceptors (Lipinski definition) is 2. The fraction of sp³-hybridized carbons (Fsp3) is 0.467. The fourth-order valence-electron chi connectivity index (χ4n) is 2.46. The summed E-state index contributed by atoms with van der Waals surface area (Å²) in [6.45, 7) is 3.74. The summed E-state index contributed by atoms with van der Waals surface area (Å²) in [7, 11) is 0. The van der Waals surface area contributed by atoms with Gasteiger partial charge in [0.15, 0.2) is 11.6 Å². The van der Waals surface area contributed by atoms with E-state index in [-0.39, 0.29) is 30.8 Å². The molecule has 1 fully saturated rings. The number of amides is 2. The highest BCUT2D eigenvalue weighted by atomic mass is 19.2. The molecule has 114 valence electrons. The van der Waals surface area contributed by atoms with Crippen molar-refractivity contribution in [3.8, 4) is 0 Å². The van der Waals surface area contributed by atoms with Gasteiger partial charge in [0.05, 0.1) is 0 Å². The van der Waals surface area contributed by atoms with Gasteiger partial charge in [-0.1, -0.05) is 13.0 Å². The lowest BCUT2D eigenvalue weighted by Gasteiger charge is -2.28. The van der Waals surface area contributed by atoms with Crippen LogP contribution in [0.1, 0.15) is 32.3 Å². The van der Waals surface area contributed by atoms with Gasteiger partial charge in [-0.25, -0.2) is 8.78 Å². The van der Waals surface area contributed by atoms with E-state index in [2.05, 4.69) is 5.32 Å². The van der Waals surface area contributed by atoms with Crippen molar-refractivity contribution in [1.29, 1.82) is 0 Å². The molecule has 0 bridgehead atoms. The molecule has 2 unspecified atom stereocenters. The van der Waals surface area contributed by atoms with Crippen LogP contribution in [0, 0.1) is 11.6 Å². The summed E-state index contributed by atoms with van der Waals surface area (Å²) >= 11 is 0. The Kier molecular flexibility index (Phi) is 4.55. The quantitative estimate of drug-likeness (QED) is 0.927. The minimum absolute atomic E-state index is 0.155. The Labute approximate surface area is 122 Å². The predicted molar refractivity (Wildman–Crippen MR) is 73.2 cm³/mol. The summed E-state index contributed by atoms with van der Waals surface area (Å²) in [6, 6.07) is 2.71. The van der Waals surface area contributed by atoms with Crippen LogP contribution in [0.15, 0.2) is 18.2 Å². The number of carbonyl (C=O) groups is 2. The van der Waals surface area contributed by atoms with E-state index in [0.717, 1.165) is 12.1 Å². The second-order valence-electron chi connectivity index (χ2n) is 5.30. The molecule has 0 radical (unpaired) electrons. The van der Waals surface area contributed by atoms with Crippen LogP contribution in [-0.4, -0.2) is 28.8 Å². The molecule has 1 heterocycles. The molecule has 2 rings (SSSR count). The van der Waals surface area contributed by atoms with E-state index in [4.69, 9.17) is 0 Å². The number of carbonyl (C=O) groups excluding carboxylic acids is 2. The molecule has 4 nitrogen and oxygen atoms in total. The zero-order valence-electron chi connectivity index (χ0n) is 12.0. The fourth-order valence-corrected chi connectivity index (χ4v) is 2.46. The van der Waals surface area contributed by atoms with E-state index in [1.54, 1.807) is 11.8 Å². The Balaban J connectivity index is 2.24. The zero-order valence-corrected chi connectivity index (χ0v) is 12.0. The maximum Gasteiger partial charge on any atom is 0.245 e. The number of halogens is 2. The molecule has 6 heteroatoms. The highest BCUT2D eigenvalue weighted by molar-refractivity contribution is 5.90. The van der Waals surface area contributed by atoms with E-state index in [0.29, 0.717) is 12.0 Å². The second-order valence-corrected chi connectivity index (χ2v) is 5.30. The van der Waals surface area contributed by atoms with Gasteiger partial charge in [-0.15, -0.1) is 0 Å². The third kappa shape index (κ3) is 3.37. The molecule has 0 aliphatic carbocycles. The first-order valence-corrected chi connectivity index (χ1v) is 6.96. The lowest BCUT2D eigenvalue weighted by Crippen LogP contribution is -2.45. The number of nitrogens with one attached hydrogen (secondary N) is 1. The maximum atomic E-state index is 13.3. The minimum atomic E-state index is -0.941. The van der Waals surface area contributed by atoms with Crippen LogP contribution in [0.2, 0.25) is 0 Å². The first-order valence-electron chi connectivity index (χ1n) is 6.96. The number of benzene rings is 1. The number of hydrogen-bond donors (Lipinski definition) is 1. The average Bonchev–Trinajstić information content (AvgIpc) is 2.53. The Hall–Kier alpha value is -1.98. The van der Waals surface area contributed by atoms with E-state index in [1.165, 1.54) is 6.07 Å². The van der Waals surface area contributed by atoms with Crippen molar-refractivity contribution in [3.05, 3.63) is 35.4 Å². The highest BCUT2D eigenvalue weighted by Crippen LogP contribution is 2.18. The van der Waals surface area contributed by atoms with Crippen LogP contribution in [-0.2, 0) is 16.1 Å². The van der Waals surface area contributed by atoms with Crippen LogP contribution < -0.4 is 5.32 Å². The van der Waals surface area contributed by atoms with Gasteiger partial charge in [-0.3, -0.25) is 9.59 Å². The molecule has 0 spiro atoms. The summed E-state index contributed by atoms with van der Waals surface area (Å²) in [5.74, 6) is -2.22. The summed E-state index contributed by atoms with van der Waals surface area (Å²) in [5, 5.41) is 2.68. The molecule has 1 aliphatic heterocycles. The molecule has 1 aromatic carbocycles. The maximum absolute atomic E-state index is 13.3. The van der Waals surface area contributed by atoms with Crippen molar-refractivity contribution < 1.29 is 18.4 Å². The monoisotopic (exact) mass is 296 g/mol. The Morgan fingerprint density at radius 1 is 1.29 bits per heavy atom. The van der Waals surface area contributed by atoms with Gasteiger partial charge < -0.3 is 10.2 Å². The molecule has 1 N–H and O–H groups in total. The van der Waals surface area contributed by atoms with E-state index in [9.17, 15) is 18.4 Å². The topological polar surface area (TPSA) is 49.4 Å². The third-order valence-corrected chi connectivity index (χ3v) is 3.67. The molecular formula is C15H18F2N2O2. The van der Waals surface area contributed by atoms with Crippen LogP contribution in [0.4, 0.5) is 8.78 Å². The van der Waals surface area contributed by atoms with Crippen molar-refractivity contribution in [2.45, 2.75) is 45.3 Å². The summed E-state index contributed by atoms with van der Waals surface area (Å²) < 4.78 is 26.2. The molecule has 0 saturated carbocycles. The van der Waals surface area contributed by atoms with Gasteiger partial charge in [0.2, 0.25) is 11.8 Å². The molecule has 2 atom stereocenters. The van der Waals surface area contributed by atoms with E-state index < -0.39 is 17.7 Å². The smallest absolute Gasteiger partial charge is 0.245 e. The summed E-state index contributed by atoms with van der Waals surface area (Å²) in [5.41, 5.74) is 0.498. The molecular weight excluding hydrogens is 278 g/mol. The molecule has 21 heavy (non-hydrogen) atoms. The molecule has 1 aliphatic rings. The molecule has 1 aromatic rings. The lowest BCUT2D eigenvalue weighted by atomic mass is 10.1. The van der Waals surface area contributed by atoms with Gasteiger partial charge >= 0.3 is 0 Å². The minimum Gasteiger partial charge on any atom is -0.344 e. The van der Waals surface area contributed by atoms with Crippen molar-refractivity contribution >= 4 is 11.8 Å². The first kappa shape index (κ1) is 15.4. The Morgan fingerprint density at radius 2 is 2.00 bits per heavy atom. The second kappa shape index (κ2) is 6.20. The average molecular weight is 296 g/mol. The Bertz CT molecular complexity index is 563. The highest BCUT2D eigenvalue weighted by Gasteiger charge is 2.32. The van der Waals surface area contributed by atoms with Crippen molar-refractivity contribution in [2.75, 3.05) is 0 Å². The first-order chi connectivity index (χ1) is 9.92. The third-order valence-electron chi connectivity index (χ3n) is 3.67. The van der Waals surface area contributed by atoms with E-state index >= 15 is 0 Å². The normalized spacial score (nSPS) is 23.0. The number of nitrogens with zero attached hydrogens (tertiary/aromatic N) is 1. The van der Waals surface area contributed by atoms with Crippen LogP contribution in [0.5, 0.6) is 0 Å². The Morgan fingerprint density at radius 3 is 2.62 bits per heavy atom. The molecule has 0 aromatic heterocycles. The van der Waals surface area contributed by atoms with E-state index in [1.807, 2.05) is 6.92 Å². The predicted octanol–water partition coefficient (Wildman–Crippen LogP) is 1.98. The SMILES string of the molecule is CCC1NC(=O)CC(C)N(Cc2ccc(F)c(F)c2)C1=O. The standard InChI is InChI=1S/C15H18F2N2O2/c1-3-13-15(21)19(9(2)6-14(20)18-13)8-10-4-5-11(16)12(17)7-10/h4-5,7,9,13H,3,6,8H2,1-2H3,(H,18,20). The van der Waals surface area contributed by atoms with Gasteiger partial charge in [-0.2, -0.15) is 0 Å². The lowest BCUT2D eigenvalue weighted by molar-refractivity contribution is -0.135. The summed E-state index contributed by atoms with van der Waals surface area (Å²) in [4.78, 5) is 25.7. The van der Waals surface area contributed by atoms with Gasteiger partial charge in [-0.05, 0) is 31.0 Å². The zero-order chi connectivity index (χ0) is 15.6. The van der Waals surface area contributed by atoms with Gasteiger partial charge in [0.1, 0.15) is 6.04 Å². The molecule has 2 amide bonds. The van der Waals surface area contributed by atoms with Gasteiger partial charge in [0.25, 0.3) is 0 Å². The van der Waals surface area contributed by atoms with Crippen molar-refractivity contribution in [1.82, 2.24) is 10.2 Å². The van der Waals surface area contributed by atoms with Crippen LogP contribution >= 0.6 is 0 Å². The van der Waals surface area contributed by atoms with Crippen LogP contribution in [0.25, 0.3) is 0 Å². The number of rotatable bonds is 3. The van der Waals surface area contributed by atoms with Crippen molar-refractivity contribution in [2.24, 2.45) is 0 Å². The van der Waals surface area contributed by atoms with Crippen molar-refractivity contribution in [3.63, 3.8) is 0 Å².